The predicted octanol–water partition coefficient (Wildman–Crippen LogP) is 7.83. The second-order valence-corrected chi connectivity index (χ2v) is 9.18. The minimum Gasteiger partial charge on any atom is -0.485 e. The lowest BCUT2D eigenvalue weighted by atomic mass is 9.70. The van der Waals surface area contributed by atoms with Crippen LogP contribution in [0.4, 0.5) is 0 Å². The predicted molar refractivity (Wildman–Crippen MR) is 131 cm³/mol. The molecule has 0 aromatic heterocycles. The maximum Gasteiger partial charge on any atom is 0.162 e. The van der Waals surface area contributed by atoms with Gasteiger partial charge >= 0.3 is 0 Å². The minimum atomic E-state index is 0.536. The third-order valence-electron chi connectivity index (χ3n) is 7.00. The van der Waals surface area contributed by atoms with Crippen molar-refractivity contribution in [2.75, 3.05) is 0 Å². The molecule has 0 aliphatic heterocycles. The van der Waals surface area contributed by atoms with Gasteiger partial charge in [0.1, 0.15) is 13.2 Å². The van der Waals surface area contributed by atoms with Crippen LogP contribution in [0.15, 0.2) is 84.9 Å². The SMILES string of the molecule is C1=C(c2ccc(OCc3ccccc3)c(OCc3ccccc3)c2)C[C@H]2CCCC[C@@H]2C1. The summed E-state index contributed by atoms with van der Waals surface area (Å²) in [5, 5.41) is 0. The highest BCUT2D eigenvalue weighted by Gasteiger charge is 2.28. The van der Waals surface area contributed by atoms with Gasteiger partial charge in [-0.2, -0.15) is 0 Å². The summed E-state index contributed by atoms with van der Waals surface area (Å²) in [6.45, 7) is 1.07. The first kappa shape index (κ1) is 20.9. The Morgan fingerprint density at radius 3 is 1.97 bits per heavy atom. The number of hydrogen-bond acceptors (Lipinski definition) is 2. The fourth-order valence-electron chi connectivity index (χ4n) is 5.17. The number of benzene rings is 3. The third kappa shape index (κ3) is 5.07. The van der Waals surface area contributed by atoms with Crippen LogP contribution in [0.2, 0.25) is 0 Å². The molecule has 1 fully saturated rings. The summed E-state index contributed by atoms with van der Waals surface area (Å²) in [5.41, 5.74) is 5.08. The van der Waals surface area contributed by atoms with E-state index in [1.54, 1.807) is 0 Å². The average molecular weight is 425 g/mol. The molecule has 0 bridgehead atoms. The highest BCUT2D eigenvalue weighted by atomic mass is 16.5. The lowest BCUT2D eigenvalue weighted by Crippen LogP contribution is -2.22. The lowest BCUT2D eigenvalue weighted by molar-refractivity contribution is 0.235. The van der Waals surface area contributed by atoms with Crippen molar-refractivity contribution in [3.63, 3.8) is 0 Å². The molecule has 0 radical (unpaired) electrons. The Morgan fingerprint density at radius 1 is 0.656 bits per heavy atom. The van der Waals surface area contributed by atoms with Crippen molar-refractivity contribution < 1.29 is 9.47 Å². The summed E-state index contributed by atoms with van der Waals surface area (Å²) < 4.78 is 12.5. The van der Waals surface area contributed by atoms with Crippen molar-refractivity contribution in [2.45, 2.75) is 51.7 Å². The van der Waals surface area contributed by atoms with Gasteiger partial charge in [0, 0.05) is 0 Å². The summed E-state index contributed by atoms with van der Waals surface area (Å²) in [4.78, 5) is 0. The Kier molecular flexibility index (Phi) is 6.58. The van der Waals surface area contributed by atoms with Gasteiger partial charge in [-0.25, -0.2) is 0 Å². The molecule has 2 atom stereocenters. The first-order valence-corrected chi connectivity index (χ1v) is 12.0. The number of allylic oxidation sites excluding steroid dienone is 2. The second kappa shape index (κ2) is 10.1. The average Bonchev–Trinajstić information content (AvgIpc) is 2.87. The van der Waals surface area contributed by atoms with Gasteiger partial charge in [-0.05, 0) is 71.9 Å². The zero-order chi connectivity index (χ0) is 21.6. The molecule has 0 amide bonds. The van der Waals surface area contributed by atoms with Crippen LogP contribution in [0, 0.1) is 11.8 Å². The van der Waals surface area contributed by atoms with E-state index in [4.69, 9.17) is 9.47 Å². The lowest BCUT2D eigenvalue weighted by Gasteiger charge is -2.35. The summed E-state index contributed by atoms with van der Waals surface area (Å²) in [6, 6.07) is 27.1. The van der Waals surface area contributed by atoms with Crippen LogP contribution in [-0.4, -0.2) is 0 Å². The van der Waals surface area contributed by atoms with Gasteiger partial charge in [-0.3, -0.25) is 0 Å². The summed E-state index contributed by atoms with van der Waals surface area (Å²) in [5.74, 6) is 3.38. The Hall–Kier alpha value is -3.00. The second-order valence-electron chi connectivity index (χ2n) is 9.18. The molecule has 2 nitrogen and oxygen atoms in total. The monoisotopic (exact) mass is 424 g/mol. The number of ether oxygens (including phenoxy) is 2. The Morgan fingerprint density at radius 2 is 1.28 bits per heavy atom. The van der Waals surface area contributed by atoms with Crippen LogP contribution in [0.1, 0.15) is 55.2 Å². The van der Waals surface area contributed by atoms with Gasteiger partial charge < -0.3 is 9.47 Å². The maximum absolute atomic E-state index is 6.30. The van der Waals surface area contributed by atoms with Crippen LogP contribution < -0.4 is 9.47 Å². The molecule has 2 heteroatoms. The van der Waals surface area contributed by atoms with Crippen LogP contribution in [0.5, 0.6) is 11.5 Å². The van der Waals surface area contributed by atoms with Crippen LogP contribution >= 0.6 is 0 Å². The molecule has 164 valence electrons. The van der Waals surface area contributed by atoms with E-state index < -0.39 is 0 Å². The molecule has 3 aromatic carbocycles. The van der Waals surface area contributed by atoms with Crippen molar-refractivity contribution in [2.24, 2.45) is 11.8 Å². The number of rotatable bonds is 7. The molecule has 2 aliphatic carbocycles. The third-order valence-corrected chi connectivity index (χ3v) is 7.00. The van der Waals surface area contributed by atoms with Crippen molar-refractivity contribution in [1.29, 1.82) is 0 Å². The molecule has 0 heterocycles. The molecular weight excluding hydrogens is 392 g/mol. The molecule has 0 unspecified atom stereocenters. The van der Waals surface area contributed by atoms with Crippen molar-refractivity contribution in [1.82, 2.24) is 0 Å². The normalized spacial score (nSPS) is 20.2. The van der Waals surface area contributed by atoms with Crippen molar-refractivity contribution >= 4 is 5.57 Å². The fraction of sp³-hybridized carbons (Fsp3) is 0.333. The van der Waals surface area contributed by atoms with E-state index in [9.17, 15) is 0 Å². The smallest absolute Gasteiger partial charge is 0.162 e. The molecule has 3 aromatic rings. The highest BCUT2D eigenvalue weighted by Crippen LogP contribution is 2.44. The maximum atomic E-state index is 6.30. The Balaban J connectivity index is 1.37. The van der Waals surface area contributed by atoms with E-state index in [0.29, 0.717) is 13.2 Å². The van der Waals surface area contributed by atoms with Gasteiger partial charge in [0.2, 0.25) is 0 Å². The van der Waals surface area contributed by atoms with Crippen LogP contribution in [0.3, 0.4) is 0 Å². The quantitative estimate of drug-likeness (QED) is 0.385. The van der Waals surface area contributed by atoms with E-state index in [1.165, 1.54) is 49.7 Å². The summed E-state index contributed by atoms with van der Waals surface area (Å²) >= 11 is 0. The molecule has 1 saturated carbocycles. The van der Waals surface area contributed by atoms with Gasteiger partial charge in [0.15, 0.2) is 11.5 Å². The zero-order valence-corrected chi connectivity index (χ0v) is 18.7. The molecule has 0 N–H and O–H groups in total. The van der Waals surface area contributed by atoms with Crippen molar-refractivity contribution in [3.8, 4) is 11.5 Å². The summed E-state index contributed by atoms with van der Waals surface area (Å²) in [7, 11) is 0. The zero-order valence-electron chi connectivity index (χ0n) is 18.7. The first-order chi connectivity index (χ1) is 15.8. The molecule has 5 rings (SSSR count). The number of hydrogen-bond donors (Lipinski definition) is 0. The van der Waals surface area contributed by atoms with E-state index >= 15 is 0 Å². The molecule has 0 spiro atoms. The first-order valence-electron chi connectivity index (χ1n) is 12.0. The van der Waals surface area contributed by atoms with Crippen LogP contribution in [-0.2, 0) is 13.2 Å². The van der Waals surface area contributed by atoms with Gasteiger partial charge in [-0.1, -0.05) is 85.6 Å². The van der Waals surface area contributed by atoms with Gasteiger partial charge in [0.25, 0.3) is 0 Å². The van der Waals surface area contributed by atoms with E-state index in [-0.39, 0.29) is 0 Å². The topological polar surface area (TPSA) is 18.5 Å². The summed E-state index contributed by atoms with van der Waals surface area (Å²) in [6.07, 6.45) is 10.5. The fourth-order valence-corrected chi connectivity index (χ4v) is 5.17. The van der Waals surface area contributed by atoms with Gasteiger partial charge in [0.05, 0.1) is 0 Å². The van der Waals surface area contributed by atoms with Crippen LogP contribution in [0.25, 0.3) is 5.57 Å². The molecular formula is C30H32O2. The standard InChI is InChI=1S/C30H32O2/c1-3-9-23(10-4-1)21-31-29-18-17-28(20-30(29)32-22-24-11-5-2-6-12-24)27-16-15-25-13-7-8-14-26(25)19-27/h1-6,9-12,16-18,20,25-26H,7-8,13-15,19,21-22H2/t25-,26-/m1/s1. The molecule has 32 heavy (non-hydrogen) atoms. The van der Waals surface area contributed by atoms with E-state index in [2.05, 4.69) is 60.7 Å². The number of fused-ring (bicyclic) bond motifs is 1. The minimum absolute atomic E-state index is 0.536. The highest BCUT2D eigenvalue weighted by molar-refractivity contribution is 5.69. The molecule has 2 aliphatic rings. The molecule has 0 saturated heterocycles. The Bertz CT molecular complexity index is 1040. The largest absolute Gasteiger partial charge is 0.485 e. The van der Waals surface area contributed by atoms with Gasteiger partial charge in [-0.15, -0.1) is 0 Å². The van der Waals surface area contributed by atoms with E-state index in [1.807, 2.05) is 24.3 Å². The van der Waals surface area contributed by atoms with E-state index in [0.717, 1.165) is 34.5 Å². The Labute approximate surface area is 191 Å². The van der Waals surface area contributed by atoms with Crippen molar-refractivity contribution in [3.05, 3.63) is 102 Å².